The van der Waals surface area contributed by atoms with Crippen LogP contribution in [0.4, 0.5) is 0 Å². The van der Waals surface area contributed by atoms with Crippen molar-refractivity contribution < 1.29 is 4.74 Å². The van der Waals surface area contributed by atoms with Crippen LogP contribution in [-0.2, 0) is 0 Å². The van der Waals surface area contributed by atoms with Gasteiger partial charge in [-0.15, -0.1) is 0 Å². The summed E-state index contributed by atoms with van der Waals surface area (Å²) in [6.07, 6.45) is 0. The summed E-state index contributed by atoms with van der Waals surface area (Å²) in [7, 11) is 1.68. The van der Waals surface area contributed by atoms with Gasteiger partial charge in [-0.3, -0.25) is 0 Å². The molecular weight excluding hydrogens is 305 g/mol. The number of rotatable bonds is 5. The summed E-state index contributed by atoms with van der Waals surface area (Å²) in [4.78, 5) is 0. The van der Waals surface area contributed by atoms with Gasteiger partial charge in [-0.05, 0) is 42.3 Å². The molecule has 4 heteroatoms. The van der Waals surface area contributed by atoms with E-state index in [-0.39, 0.29) is 6.04 Å². The summed E-state index contributed by atoms with van der Waals surface area (Å²) < 4.78 is 5.32. The zero-order valence-electron chi connectivity index (χ0n) is 12.4. The third-order valence-electron chi connectivity index (χ3n) is 3.45. The van der Waals surface area contributed by atoms with Crippen LogP contribution >= 0.6 is 23.2 Å². The fraction of sp³-hybridized carbons (Fsp3) is 0.294. The van der Waals surface area contributed by atoms with Crippen molar-refractivity contribution in [3.8, 4) is 5.75 Å². The molecule has 0 aliphatic rings. The van der Waals surface area contributed by atoms with Crippen LogP contribution in [0.3, 0.4) is 0 Å². The van der Waals surface area contributed by atoms with Gasteiger partial charge in [0.05, 0.1) is 23.2 Å². The molecule has 1 atom stereocenters. The summed E-state index contributed by atoms with van der Waals surface area (Å²) in [5.41, 5.74) is 3.21. The van der Waals surface area contributed by atoms with E-state index in [9.17, 15) is 0 Å². The highest BCUT2D eigenvalue weighted by Gasteiger charge is 2.18. The van der Waals surface area contributed by atoms with E-state index in [1.54, 1.807) is 13.2 Å². The van der Waals surface area contributed by atoms with Crippen LogP contribution in [0.5, 0.6) is 5.75 Å². The molecule has 1 N–H and O–H groups in total. The van der Waals surface area contributed by atoms with Crippen molar-refractivity contribution >= 4 is 23.2 Å². The maximum absolute atomic E-state index is 6.38. The van der Waals surface area contributed by atoms with Crippen molar-refractivity contribution in [1.82, 2.24) is 5.32 Å². The maximum atomic E-state index is 6.38. The van der Waals surface area contributed by atoms with Crippen LogP contribution in [0.15, 0.2) is 36.4 Å². The Kier molecular flexibility index (Phi) is 5.51. The Hall–Kier alpha value is -1.22. The molecule has 0 fully saturated rings. The number of nitrogens with one attached hydrogen (secondary N) is 1. The van der Waals surface area contributed by atoms with E-state index in [4.69, 9.17) is 27.9 Å². The summed E-state index contributed by atoms with van der Waals surface area (Å²) in [6, 6.07) is 11.9. The second-order valence-electron chi connectivity index (χ2n) is 4.86. The second kappa shape index (κ2) is 7.17. The minimum Gasteiger partial charge on any atom is -0.496 e. The number of halogens is 2. The number of methoxy groups -OCH3 is 1. The summed E-state index contributed by atoms with van der Waals surface area (Å²) in [5, 5.41) is 4.63. The number of benzene rings is 2. The van der Waals surface area contributed by atoms with Crippen molar-refractivity contribution in [2.24, 2.45) is 0 Å². The first-order chi connectivity index (χ1) is 10.1. The van der Waals surface area contributed by atoms with E-state index in [1.165, 1.54) is 0 Å². The average molecular weight is 324 g/mol. The Labute approximate surface area is 136 Å². The third kappa shape index (κ3) is 3.52. The SMILES string of the molecule is CCNC(c1ccc(OC)c(C)c1)c1cccc(Cl)c1Cl. The van der Waals surface area contributed by atoms with Crippen LogP contribution in [0.1, 0.15) is 29.7 Å². The van der Waals surface area contributed by atoms with Gasteiger partial charge in [-0.2, -0.15) is 0 Å². The zero-order valence-corrected chi connectivity index (χ0v) is 13.9. The molecule has 1 unspecified atom stereocenters. The summed E-state index contributed by atoms with van der Waals surface area (Å²) in [5.74, 6) is 0.881. The predicted molar refractivity (Wildman–Crippen MR) is 89.7 cm³/mol. The normalized spacial score (nSPS) is 12.2. The van der Waals surface area contributed by atoms with Crippen LogP contribution in [0, 0.1) is 6.92 Å². The molecule has 0 spiro atoms. The van der Waals surface area contributed by atoms with Crippen molar-refractivity contribution in [2.75, 3.05) is 13.7 Å². The Bertz CT molecular complexity index is 628. The summed E-state index contributed by atoms with van der Waals surface area (Å²) in [6.45, 7) is 4.94. The van der Waals surface area contributed by atoms with Crippen molar-refractivity contribution in [3.63, 3.8) is 0 Å². The van der Waals surface area contributed by atoms with Gasteiger partial charge in [0.25, 0.3) is 0 Å². The number of hydrogen-bond donors (Lipinski definition) is 1. The van der Waals surface area contributed by atoms with Crippen LogP contribution in [0.2, 0.25) is 10.0 Å². The first kappa shape index (κ1) is 16.2. The van der Waals surface area contributed by atoms with Crippen molar-refractivity contribution in [2.45, 2.75) is 19.9 Å². The molecule has 2 aromatic carbocycles. The van der Waals surface area contributed by atoms with Crippen LogP contribution in [-0.4, -0.2) is 13.7 Å². The number of hydrogen-bond acceptors (Lipinski definition) is 2. The lowest BCUT2D eigenvalue weighted by molar-refractivity contribution is 0.411. The fourth-order valence-electron chi connectivity index (χ4n) is 2.44. The van der Waals surface area contributed by atoms with Crippen LogP contribution in [0.25, 0.3) is 0 Å². The van der Waals surface area contributed by atoms with E-state index in [0.29, 0.717) is 10.0 Å². The van der Waals surface area contributed by atoms with E-state index in [2.05, 4.69) is 24.4 Å². The molecule has 0 radical (unpaired) electrons. The van der Waals surface area contributed by atoms with Gasteiger partial charge in [0.2, 0.25) is 0 Å². The second-order valence-corrected chi connectivity index (χ2v) is 5.65. The first-order valence-corrected chi connectivity index (χ1v) is 7.66. The molecule has 0 heterocycles. The molecule has 2 rings (SSSR count). The highest BCUT2D eigenvalue weighted by Crippen LogP contribution is 2.34. The zero-order chi connectivity index (χ0) is 15.4. The lowest BCUT2D eigenvalue weighted by atomic mass is 9.97. The minimum absolute atomic E-state index is 0.00538. The highest BCUT2D eigenvalue weighted by atomic mass is 35.5. The van der Waals surface area contributed by atoms with Crippen molar-refractivity contribution in [1.29, 1.82) is 0 Å². The Morgan fingerprint density at radius 3 is 2.57 bits per heavy atom. The third-order valence-corrected chi connectivity index (χ3v) is 4.29. The van der Waals surface area contributed by atoms with Gasteiger partial charge < -0.3 is 10.1 Å². The molecule has 21 heavy (non-hydrogen) atoms. The molecule has 112 valence electrons. The molecular formula is C17H19Cl2NO. The fourth-order valence-corrected chi connectivity index (χ4v) is 2.85. The number of ether oxygens (including phenoxy) is 1. The van der Waals surface area contributed by atoms with Crippen LogP contribution < -0.4 is 10.1 Å². The molecule has 2 aromatic rings. The van der Waals surface area contributed by atoms with E-state index >= 15 is 0 Å². The van der Waals surface area contributed by atoms with Gasteiger partial charge in [0.15, 0.2) is 0 Å². The average Bonchev–Trinajstić information content (AvgIpc) is 2.48. The first-order valence-electron chi connectivity index (χ1n) is 6.90. The van der Waals surface area contributed by atoms with Gasteiger partial charge in [0, 0.05) is 0 Å². The van der Waals surface area contributed by atoms with Gasteiger partial charge in [0.1, 0.15) is 5.75 Å². The summed E-state index contributed by atoms with van der Waals surface area (Å²) >= 11 is 12.5. The smallest absolute Gasteiger partial charge is 0.121 e. The molecule has 0 aliphatic heterocycles. The Morgan fingerprint density at radius 2 is 1.95 bits per heavy atom. The standard InChI is InChI=1S/C17H19Cl2NO/c1-4-20-17(13-6-5-7-14(18)16(13)19)12-8-9-15(21-3)11(2)10-12/h5-10,17,20H,4H2,1-3H3. The predicted octanol–water partition coefficient (Wildman–Crippen LogP) is 5.01. The molecule has 0 bridgehead atoms. The quantitative estimate of drug-likeness (QED) is 0.835. The molecule has 0 aromatic heterocycles. The largest absolute Gasteiger partial charge is 0.496 e. The van der Waals surface area contributed by atoms with E-state index < -0.39 is 0 Å². The van der Waals surface area contributed by atoms with E-state index in [1.807, 2.05) is 25.1 Å². The van der Waals surface area contributed by atoms with E-state index in [0.717, 1.165) is 29.0 Å². The highest BCUT2D eigenvalue weighted by molar-refractivity contribution is 6.42. The molecule has 0 amide bonds. The topological polar surface area (TPSA) is 21.3 Å². The monoisotopic (exact) mass is 323 g/mol. The lowest BCUT2D eigenvalue weighted by Crippen LogP contribution is -2.22. The lowest BCUT2D eigenvalue weighted by Gasteiger charge is -2.21. The van der Waals surface area contributed by atoms with Gasteiger partial charge >= 0.3 is 0 Å². The molecule has 0 aliphatic carbocycles. The minimum atomic E-state index is 0.00538. The molecule has 0 saturated carbocycles. The Balaban J connectivity index is 2.48. The Morgan fingerprint density at radius 1 is 1.19 bits per heavy atom. The maximum Gasteiger partial charge on any atom is 0.121 e. The number of aryl methyl sites for hydroxylation is 1. The molecule has 0 saturated heterocycles. The van der Waals surface area contributed by atoms with Crippen molar-refractivity contribution in [3.05, 3.63) is 63.1 Å². The molecule has 2 nitrogen and oxygen atoms in total. The van der Waals surface area contributed by atoms with Gasteiger partial charge in [-0.25, -0.2) is 0 Å². The van der Waals surface area contributed by atoms with Gasteiger partial charge in [-0.1, -0.05) is 54.4 Å².